The number of anilines is 2. The SMILES string of the molecule is OCC1CCCCN1c1cc(NCc2ccnc(OC3CCCCC3)c2)ncn1. The number of hydrogen-bond donors (Lipinski definition) is 2. The van der Waals surface area contributed by atoms with Gasteiger partial charge in [0.05, 0.1) is 12.6 Å². The maximum absolute atomic E-state index is 9.67. The number of aromatic nitrogens is 3. The molecule has 1 saturated heterocycles. The lowest BCUT2D eigenvalue weighted by atomic mass is 9.98. The van der Waals surface area contributed by atoms with Crippen molar-refractivity contribution in [3.63, 3.8) is 0 Å². The van der Waals surface area contributed by atoms with E-state index in [4.69, 9.17) is 4.74 Å². The van der Waals surface area contributed by atoms with E-state index in [0.717, 1.165) is 55.8 Å². The minimum absolute atomic E-state index is 0.145. The molecule has 156 valence electrons. The van der Waals surface area contributed by atoms with Crippen LogP contribution in [0.5, 0.6) is 5.88 Å². The maximum Gasteiger partial charge on any atom is 0.213 e. The number of nitrogens with zero attached hydrogens (tertiary/aromatic N) is 4. The third-order valence-corrected chi connectivity index (χ3v) is 5.90. The van der Waals surface area contributed by atoms with Gasteiger partial charge in [0.2, 0.25) is 5.88 Å². The molecule has 29 heavy (non-hydrogen) atoms. The highest BCUT2D eigenvalue weighted by molar-refractivity contribution is 5.49. The first-order valence-corrected chi connectivity index (χ1v) is 10.9. The Labute approximate surface area is 172 Å². The summed E-state index contributed by atoms with van der Waals surface area (Å²) in [4.78, 5) is 15.4. The minimum Gasteiger partial charge on any atom is -0.474 e. The van der Waals surface area contributed by atoms with Gasteiger partial charge in [0.1, 0.15) is 24.1 Å². The van der Waals surface area contributed by atoms with E-state index in [9.17, 15) is 5.11 Å². The van der Waals surface area contributed by atoms with Crippen molar-refractivity contribution in [1.82, 2.24) is 15.0 Å². The van der Waals surface area contributed by atoms with Crippen molar-refractivity contribution >= 4 is 11.6 Å². The van der Waals surface area contributed by atoms with Gasteiger partial charge in [-0.05, 0) is 56.6 Å². The Morgan fingerprint density at radius 3 is 2.76 bits per heavy atom. The summed E-state index contributed by atoms with van der Waals surface area (Å²) in [7, 11) is 0. The number of rotatable bonds is 7. The molecule has 1 aliphatic carbocycles. The highest BCUT2D eigenvalue weighted by atomic mass is 16.5. The van der Waals surface area contributed by atoms with E-state index in [0.29, 0.717) is 18.5 Å². The van der Waals surface area contributed by atoms with Crippen LogP contribution in [0.2, 0.25) is 0 Å². The lowest BCUT2D eigenvalue weighted by molar-refractivity contribution is 0.148. The summed E-state index contributed by atoms with van der Waals surface area (Å²) in [6.07, 6.45) is 13.0. The van der Waals surface area contributed by atoms with Crippen LogP contribution in [-0.2, 0) is 6.54 Å². The molecule has 0 radical (unpaired) electrons. The van der Waals surface area contributed by atoms with Crippen molar-refractivity contribution in [2.45, 2.75) is 70.1 Å². The van der Waals surface area contributed by atoms with Gasteiger partial charge in [0, 0.05) is 31.4 Å². The van der Waals surface area contributed by atoms with Crippen LogP contribution in [-0.4, -0.2) is 45.4 Å². The van der Waals surface area contributed by atoms with Crippen LogP contribution in [0.25, 0.3) is 0 Å². The highest BCUT2D eigenvalue weighted by Gasteiger charge is 2.23. The van der Waals surface area contributed by atoms with Crippen LogP contribution >= 0.6 is 0 Å². The van der Waals surface area contributed by atoms with Gasteiger partial charge < -0.3 is 20.1 Å². The van der Waals surface area contributed by atoms with Crippen molar-refractivity contribution in [3.8, 4) is 5.88 Å². The summed E-state index contributed by atoms with van der Waals surface area (Å²) in [5.41, 5.74) is 1.11. The number of aliphatic hydroxyl groups excluding tert-OH is 1. The number of aliphatic hydroxyl groups is 1. The van der Waals surface area contributed by atoms with Crippen molar-refractivity contribution in [2.24, 2.45) is 0 Å². The summed E-state index contributed by atoms with van der Waals surface area (Å²) in [6, 6.07) is 6.12. The molecule has 0 spiro atoms. The van der Waals surface area contributed by atoms with Crippen LogP contribution in [0.15, 0.2) is 30.7 Å². The Bertz CT molecular complexity index is 781. The Morgan fingerprint density at radius 2 is 1.90 bits per heavy atom. The third-order valence-electron chi connectivity index (χ3n) is 5.90. The number of ether oxygens (including phenoxy) is 1. The molecule has 7 nitrogen and oxygen atoms in total. The van der Waals surface area contributed by atoms with E-state index in [2.05, 4.69) is 25.2 Å². The van der Waals surface area contributed by atoms with Crippen LogP contribution in [0.4, 0.5) is 11.6 Å². The largest absolute Gasteiger partial charge is 0.474 e. The van der Waals surface area contributed by atoms with Gasteiger partial charge in [-0.3, -0.25) is 0 Å². The molecule has 1 unspecified atom stereocenters. The highest BCUT2D eigenvalue weighted by Crippen LogP contribution is 2.25. The third kappa shape index (κ3) is 5.35. The first-order chi connectivity index (χ1) is 14.3. The number of nitrogens with one attached hydrogen (secondary N) is 1. The standard InChI is InChI=1S/C22H31N5O2/c28-15-18-6-4-5-11-27(18)21-13-20(25-16-26-21)24-14-17-9-10-23-22(12-17)29-19-7-2-1-3-8-19/h9-10,12-13,16,18-19,28H,1-8,11,14-15H2,(H,24,25,26). The monoisotopic (exact) mass is 397 g/mol. The van der Waals surface area contributed by atoms with Crippen LogP contribution < -0.4 is 15.0 Å². The molecule has 0 amide bonds. The van der Waals surface area contributed by atoms with Crippen molar-refractivity contribution in [3.05, 3.63) is 36.3 Å². The molecule has 1 saturated carbocycles. The molecule has 0 aromatic carbocycles. The summed E-state index contributed by atoms with van der Waals surface area (Å²) < 4.78 is 6.08. The smallest absolute Gasteiger partial charge is 0.213 e. The fourth-order valence-electron chi connectivity index (χ4n) is 4.26. The molecule has 2 N–H and O–H groups in total. The molecule has 4 rings (SSSR count). The van der Waals surface area contributed by atoms with Crippen molar-refractivity contribution in [1.29, 1.82) is 0 Å². The summed E-state index contributed by atoms with van der Waals surface area (Å²) in [5.74, 6) is 2.36. The van der Waals surface area contributed by atoms with Gasteiger partial charge in [-0.15, -0.1) is 0 Å². The second kappa shape index (κ2) is 9.87. The Morgan fingerprint density at radius 1 is 1.03 bits per heavy atom. The van der Waals surface area contributed by atoms with Gasteiger partial charge in [0.25, 0.3) is 0 Å². The molecule has 2 aromatic heterocycles. The average molecular weight is 398 g/mol. The van der Waals surface area contributed by atoms with Crippen LogP contribution in [0, 0.1) is 0 Å². The number of hydrogen-bond acceptors (Lipinski definition) is 7. The maximum atomic E-state index is 9.67. The lowest BCUT2D eigenvalue weighted by Gasteiger charge is -2.35. The van der Waals surface area contributed by atoms with Crippen molar-refractivity contribution < 1.29 is 9.84 Å². The second-order valence-electron chi connectivity index (χ2n) is 8.02. The predicted octanol–water partition coefficient (Wildman–Crippen LogP) is 3.55. The van der Waals surface area contributed by atoms with E-state index in [1.165, 1.54) is 19.3 Å². The van der Waals surface area contributed by atoms with Crippen LogP contribution in [0.1, 0.15) is 56.9 Å². The summed E-state index contributed by atoms with van der Waals surface area (Å²) >= 11 is 0. The van der Waals surface area contributed by atoms with Gasteiger partial charge >= 0.3 is 0 Å². The minimum atomic E-state index is 0.145. The molecule has 2 fully saturated rings. The molecule has 2 aromatic rings. The van der Waals surface area contributed by atoms with Crippen LogP contribution in [0.3, 0.4) is 0 Å². The Balaban J connectivity index is 1.37. The number of piperidine rings is 1. The molecule has 1 atom stereocenters. The first-order valence-electron chi connectivity index (χ1n) is 10.9. The molecule has 0 bridgehead atoms. The lowest BCUT2D eigenvalue weighted by Crippen LogP contribution is -2.42. The normalized spacial score (nSPS) is 20.4. The fourth-order valence-corrected chi connectivity index (χ4v) is 4.26. The van der Waals surface area contributed by atoms with E-state index in [-0.39, 0.29) is 12.6 Å². The summed E-state index contributed by atoms with van der Waals surface area (Å²) in [5, 5.41) is 13.0. The average Bonchev–Trinajstić information content (AvgIpc) is 2.79. The molecular formula is C22H31N5O2. The van der Waals surface area contributed by atoms with E-state index >= 15 is 0 Å². The molecular weight excluding hydrogens is 366 g/mol. The van der Waals surface area contributed by atoms with Gasteiger partial charge in [-0.1, -0.05) is 6.42 Å². The second-order valence-corrected chi connectivity index (χ2v) is 8.02. The van der Waals surface area contributed by atoms with Crippen molar-refractivity contribution in [2.75, 3.05) is 23.4 Å². The van der Waals surface area contributed by atoms with Gasteiger partial charge in [-0.2, -0.15) is 0 Å². The topological polar surface area (TPSA) is 83.4 Å². The molecule has 1 aliphatic heterocycles. The van der Waals surface area contributed by atoms with Gasteiger partial charge in [-0.25, -0.2) is 15.0 Å². The van der Waals surface area contributed by atoms with Gasteiger partial charge in [0.15, 0.2) is 0 Å². The zero-order valence-electron chi connectivity index (χ0n) is 17.0. The van der Waals surface area contributed by atoms with E-state index < -0.39 is 0 Å². The predicted molar refractivity (Wildman–Crippen MR) is 113 cm³/mol. The molecule has 7 heteroatoms. The zero-order valence-corrected chi connectivity index (χ0v) is 17.0. The molecule has 2 aliphatic rings. The zero-order chi connectivity index (χ0) is 19.9. The van der Waals surface area contributed by atoms with E-state index in [1.807, 2.05) is 18.2 Å². The Hall–Kier alpha value is -2.41. The van der Waals surface area contributed by atoms with E-state index in [1.54, 1.807) is 12.5 Å². The Kier molecular flexibility index (Phi) is 6.77. The molecule has 3 heterocycles. The fraction of sp³-hybridized carbons (Fsp3) is 0.591. The number of pyridine rings is 1. The summed E-state index contributed by atoms with van der Waals surface area (Å²) in [6.45, 7) is 1.73. The quantitative estimate of drug-likeness (QED) is 0.739. The first kappa shape index (κ1) is 19.9.